The molecule has 0 saturated carbocycles. The van der Waals surface area contributed by atoms with Crippen LogP contribution in [0.25, 0.3) is 0 Å². The molecule has 23 heavy (non-hydrogen) atoms. The molecular formula is C16H14FIN2O3. The maximum absolute atomic E-state index is 13.1. The van der Waals surface area contributed by atoms with Crippen LogP contribution in [0.2, 0.25) is 0 Å². The molecule has 2 aromatic rings. The van der Waals surface area contributed by atoms with E-state index in [-0.39, 0.29) is 24.2 Å². The van der Waals surface area contributed by atoms with Crippen LogP contribution in [0.15, 0.2) is 42.5 Å². The molecule has 2 rings (SSSR count). The van der Waals surface area contributed by atoms with Gasteiger partial charge in [0.1, 0.15) is 12.4 Å². The number of methoxy groups -OCH3 is 1. The van der Waals surface area contributed by atoms with Crippen molar-refractivity contribution in [3.05, 3.63) is 57.4 Å². The lowest BCUT2D eigenvalue weighted by Gasteiger charge is -2.09. The van der Waals surface area contributed by atoms with Crippen LogP contribution in [0.4, 0.5) is 15.8 Å². The molecule has 0 radical (unpaired) electrons. The molecule has 2 N–H and O–H groups in total. The van der Waals surface area contributed by atoms with Crippen molar-refractivity contribution in [2.45, 2.75) is 0 Å². The van der Waals surface area contributed by atoms with Crippen LogP contribution in [0.1, 0.15) is 10.4 Å². The van der Waals surface area contributed by atoms with E-state index in [2.05, 4.69) is 10.6 Å². The molecule has 0 saturated heterocycles. The molecule has 5 nitrogen and oxygen atoms in total. The maximum Gasteiger partial charge on any atom is 0.256 e. The van der Waals surface area contributed by atoms with Crippen LogP contribution in [0.3, 0.4) is 0 Å². The molecule has 0 aliphatic carbocycles. The number of rotatable bonds is 5. The second kappa shape index (κ2) is 8.02. The predicted octanol–water partition coefficient (Wildman–Crippen LogP) is 3.27. The number of halogens is 2. The normalized spacial score (nSPS) is 10.2. The van der Waals surface area contributed by atoms with Gasteiger partial charge in [0, 0.05) is 22.1 Å². The van der Waals surface area contributed by atoms with E-state index in [1.165, 1.54) is 25.3 Å². The Hall–Kier alpha value is -2.00. The lowest BCUT2D eigenvalue weighted by molar-refractivity contribution is -0.119. The monoisotopic (exact) mass is 428 g/mol. The predicted molar refractivity (Wildman–Crippen MR) is 94.0 cm³/mol. The first kappa shape index (κ1) is 17.4. The lowest BCUT2D eigenvalue weighted by atomic mass is 10.2. The van der Waals surface area contributed by atoms with Gasteiger partial charge in [0.25, 0.3) is 5.91 Å². The van der Waals surface area contributed by atoms with Gasteiger partial charge in [0.15, 0.2) is 0 Å². The maximum atomic E-state index is 13.1. The highest BCUT2D eigenvalue weighted by Gasteiger charge is 2.11. The minimum absolute atomic E-state index is 0.0263. The minimum Gasteiger partial charge on any atom is -0.375 e. The van der Waals surface area contributed by atoms with Gasteiger partial charge in [-0.25, -0.2) is 4.39 Å². The second-order valence-corrected chi connectivity index (χ2v) is 5.80. The van der Waals surface area contributed by atoms with Crippen LogP contribution < -0.4 is 10.6 Å². The van der Waals surface area contributed by atoms with Crippen molar-refractivity contribution in [3.8, 4) is 0 Å². The highest BCUT2D eigenvalue weighted by atomic mass is 127. The number of nitrogens with one attached hydrogen (secondary N) is 2. The van der Waals surface area contributed by atoms with Crippen molar-refractivity contribution >= 4 is 45.8 Å². The highest BCUT2D eigenvalue weighted by Crippen LogP contribution is 2.18. The van der Waals surface area contributed by atoms with Crippen LogP contribution in [0.5, 0.6) is 0 Å². The second-order valence-electron chi connectivity index (χ2n) is 4.64. The topological polar surface area (TPSA) is 67.4 Å². The van der Waals surface area contributed by atoms with E-state index < -0.39 is 0 Å². The van der Waals surface area contributed by atoms with Crippen LogP contribution in [0, 0.1) is 9.39 Å². The van der Waals surface area contributed by atoms with Gasteiger partial charge in [-0.05, 0) is 65.1 Å². The van der Waals surface area contributed by atoms with E-state index in [4.69, 9.17) is 4.74 Å². The number of carbonyl (C=O) groups is 2. The first-order valence-corrected chi connectivity index (χ1v) is 7.72. The number of carbonyl (C=O) groups excluding carboxylic acids is 2. The number of hydrogen-bond donors (Lipinski definition) is 2. The summed E-state index contributed by atoms with van der Waals surface area (Å²) in [6, 6.07) is 10.6. The molecule has 2 aromatic carbocycles. The van der Waals surface area contributed by atoms with Gasteiger partial charge >= 0.3 is 0 Å². The number of anilines is 2. The van der Waals surface area contributed by atoms with Gasteiger partial charge < -0.3 is 15.4 Å². The molecule has 7 heteroatoms. The number of benzene rings is 2. The summed E-state index contributed by atoms with van der Waals surface area (Å²) in [6.07, 6.45) is 0. The van der Waals surface area contributed by atoms with Gasteiger partial charge in [-0.15, -0.1) is 0 Å². The van der Waals surface area contributed by atoms with E-state index in [1.54, 1.807) is 24.3 Å². The van der Waals surface area contributed by atoms with Crippen LogP contribution in [-0.4, -0.2) is 25.5 Å². The third-order valence-electron chi connectivity index (χ3n) is 2.88. The average Bonchev–Trinajstić information content (AvgIpc) is 2.49. The minimum atomic E-state index is -0.387. The van der Waals surface area contributed by atoms with E-state index in [0.717, 1.165) is 0 Å². The van der Waals surface area contributed by atoms with E-state index in [1.807, 2.05) is 22.6 Å². The summed E-state index contributed by atoms with van der Waals surface area (Å²) in [5, 5.41) is 5.37. The zero-order valence-electron chi connectivity index (χ0n) is 12.2. The molecule has 0 aliphatic heterocycles. The van der Waals surface area contributed by atoms with Crippen molar-refractivity contribution in [1.29, 1.82) is 0 Å². The first-order chi connectivity index (χ1) is 11.0. The summed E-state index contributed by atoms with van der Waals surface area (Å²) in [5.41, 5.74) is 1.56. The van der Waals surface area contributed by atoms with Crippen LogP contribution >= 0.6 is 22.6 Å². The standard InChI is InChI=1S/C16H14FIN2O3/c1-23-9-15(21)19-11-3-5-12(6-4-11)20-16(22)13-7-2-10(17)8-14(13)18/h2-8H,9H2,1H3,(H,19,21)(H,20,22). The zero-order chi connectivity index (χ0) is 16.8. The quantitative estimate of drug-likeness (QED) is 0.719. The molecule has 0 heterocycles. The third-order valence-corrected chi connectivity index (χ3v) is 3.77. The Morgan fingerprint density at radius 1 is 1.09 bits per heavy atom. The Morgan fingerprint density at radius 2 is 1.70 bits per heavy atom. The van der Waals surface area contributed by atoms with Gasteiger partial charge in [0.2, 0.25) is 5.91 Å². The Morgan fingerprint density at radius 3 is 2.26 bits per heavy atom. The third kappa shape index (κ3) is 5.00. The van der Waals surface area contributed by atoms with Crippen molar-refractivity contribution < 1.29 is 18.7 Å². The summed E-state index contributed by atoms with van der Waals surface area (Å²) >= 11 is 1.91. The smallest absolute Gasteiger partial charge is 0.256 e. The fourth-order valence-corrected chi connectivity index (χ4v) is 2.56. The molecule has 0 spiro atoms. The summed E-state index contributed by atoms with van der Waals surface area (Å²) in [5.74, 6) is -0.974. The van der Waals surface area contributed by atoms with Gasteiger partial charge in [-0.2, -0.15) is 0 Å². The fourth-order valence-electron chi connectivity index (χ4n) is 1.84. The van der Waals surface area contributed by atoms with E-state index in [0.29, 0.717) is 20.5 Å². The summed E-state index contributed by atoms with van der Waals surface area (Å²) in [7, 11) is 1.44. The highest BCUT2D eigenvalue weighted by molar-refractivity contribution is 14.1. The van der Waals surface area contributed by atoms with Gasteiger partial charge in [-0.1, -0.05) is 0 Å². The average molecular weight is 428 g/mol. The molecule has 120 valence electrons. The SMILES string of the molecule is COCC(=O)Nc1ccc(NC(=O)c2ccc(F)cc2I)cc1. The van der Waals surface area contributed by atoms with Crippen molar-refractivity contribution in [1.82, 2.24) is 0 Å². The zero-order valence-corrected chi connectivity index (χ0v) is 14.4. The first-order valence-electron chi connectivity index (χ1n) is 6.65. The van der Waals surface area contributed by atoms with Gasteiger partial charge in [0.05, 0.1) is 5.56 Å². The lowest BCUT2D eigenvalue weighted by Crippen LogP contribution is -2.17. The Balaban J connectivity index is 2.03. The number of amides is 2. The molecule has 0 aliphatic rings. The largest absolute Gasteiger partial charge is 0.375 e. The fraction of sp³-hybridized carbons (Fsp3) is 0.125. The van der Waals surface area contributed by atoms with Crippen molar-refractivity contribution in [2.24, 2.45) is 0 Å². The van der Waals surface area contributed by atoms with Crippen molar-refractivity contribution in [3.63, 3.8) is 0 Å². The molecule has 0 atom stereocenters. The number of hydrogen-bond acceptors (Lipinski definition) is 3. The molecule has 0 fully saturated rings. The number of ether oxygens (including phenoxy) is 1. The van der Waals surface area contributed by atoms with E-state index in [9.17, 15) is 14.0 Å². The molecule has 2 amide bonds. The Kier molecular flexibility index (Phi) is 6.05. The molecule has 0 unspecified atom stereocenters. The van der Waals surface area contributed by atoms with Crippen molar-refractivity contribution in [2.75, 3.05) is 24.4 Å². The summed E-state index contributed by atoms with van der Waals surface area (Å²) in [4.78, 5) is 23.6. The summed E-state index contributed by atoms with van der Waals surface area (Å²) in [6.45, 7) is -0.0263. The Labute approximate surface area is 146 Å². The van der Waals surface area contributed by atoms with Gasteiger partial charge in [-0.3, -0.25) is 9.59 Å². The Bertz CT molecular complexity index is 720. The molecule has 0 bridgehead atoms. The summed E-state index contributed by atoms with van der Waals surface area (Å²) < 4.78 is 18.3. The van der Waals surface area contributed by atoms with Crippen LogP contribution in [-0.2, 0) is 9.53 Å². The molecular weight excluding hydrogens is 414 g/mol. The van der Waals surface area contributed by atoms with E-state index >= 15 is 0 Å². The molecule has 0 aromatic heterocycles.